The summed E-state index contributed by atoms with van der Waals surface area (Å²) in [6, 6.07) is 9.05. The molecule has 1 aromatic carbocycles. The maximum absolute atomic E-state index is 12.2. The van der Waals surface area contributed by atoms with Crippen LogP contribution in [0, 0.1) is 0 Å². The molecule has 6 heteroatoms. The molecule has 1 amide bonds. The lowest BCUT2D eigenvalue weighted by molar-refractivity contribution is 0.0938. The Morgan fingerprint density at radius 1 is 1.33 bits per heavy atom. The van der Waals surface area contributed by atoms with Gasteiger partial charge >= 0.3 is 0 Å². The van der Waals surface area contributed by atoms with Crippen LogP contribution in [0.5, 0.6) is 5.75 Å². The van der Waals surface area contributed by atoms with E-state index in [2.05, 4.69) is 37.2 Å². The highest BCUT2D eigenvalue weighted by atomic mass is 79.9. The third kappa shape index (κ3) is 4.83. The quantitative estimate of drug-likeness (QED) is 0.717. The van der Waals surface area contributed by atoms with Crippen LogP contribution in [-0.2, 0) is 6.42 Å². The van der Waals surface area contributed by atoms with Crippen LogP contribution in [0.15, 0.2) is 37.9 Å². The van der Waals surface area contributed by atoms with Crippen molar-refractivity contribution in [1.82, 2.24) is 5.32 Å². The summed E-state index contributed by atoms with van der Waals surface area (Å²) in [4.78, 5) is 12.2. The van der Waals surface area contributed by atoms with Gasteiger partial charge in [0.1, 0.15) is 5.75 Å². The van der Waals surface area contributed by atoms with Gasteiger partial charge in [0.2, 0.25) is 0 Å². The Morgan fingerprint density at radius 3 is 2.57 bits per heavy atom. The highest BCUT2D eigenvalue weighted by molar-refractivity contribution is 9.12. The van der Waals surface area contributed by atoms with E-state index in [-0.39, 0.29) is 17.7 Å². The third-order valence-electron chi connectivity index (χ3n) is 3.08. The third-order valence-corrected chi connectivity index (χ3v) is 5.42. The van der Waals surface area contributed by atoms with Crippen LogP contribution in [0.3, 0.4) is 0 Å². The second-order valence-electron chi connectivity index (χ2n) is 4.82. The van der Waals surface area contributed by atoms with E-state index >= 15 is 0 Å². The summed E-state index contributed by atoms with van der Waals surface area (Å²) in [6.07, 6.45) is 1.70. The van der Waals surface area contributed by atoms with E-state index < -0.39 is 0 Å². The molecule has 21 heavy (non-hydrogen) atoms. The van der Waals surface area contributed by atoms with Crippen LogP contribution in [-0.4, -0.2) is 17.1 Å². The summed E-state index contributed by atoms with van der Waals surface area (Å²) in [6.45, 7) is 1.99. The lowest BCUT2D eigenvalue weighted by Crippen LogP contribution is -2.32. The molecule has 0 spiro atoms. The SMILES string of the molecule is CC(CCc1ccc(O)cc1)NC(=O)c1cc(Br)sc1Br. The molecule has 3 nitrogen and oxygen atoms in total. The summed E-state index contributed by atoms with van der Waals surface area (Å²) >= 11 is 8.25. The maximum Gasteiger partial charge on any atom is 0.253 e. The molecule has 1 aromatic heterocycles. The molecule has 2 aromatic rings. The second-order valence-corrected chi connectivity index (χ2v) is 8.57. The van der Waals surface area contributed by atoms with Crippen LogP contribution in [0.25, 0.3) is 0 Å². The van der Waals surface area contributed by atoms with E-state index in [1.54, 1.807) is 12.1 Å². The fourth-order valence-corrected chi connectivity index (χ4v) is 4.71. The molecule has 0 aliphatic carbocycles. The number of aromatic hydroxyl groups is 1. The zero-order valence-corrected chi connectivity index (χ0v) is 15.4. The van der Waals surface area contributed by atoms with Crippen molar-refractivity contribution < 1.29 is 9.90 Å². The fourth-order valence-electron chi connectivity index (χ4n) is 1.91. The van der Waals surface area contributed by atoms with Gasteiger partial charge in [0.15, 0.2) is 0 Å². The first-order chi connectivity index (χ1) is 9.95. The highest BCUT2D eigenvalue weighted by Crippen LogP contribution is 2.31. The molecule has 0 aliphatic rings. The Balaban J connectivity index is 1.86. The van der Waals surface area contributed by atoms with Crippen LogP contribution >= 0.6 is 43.2 Å². The average molecular weight is 433 g/mol. The van der Waals surface area contributed by atoms with Gasteiger partial charge in [-0.05, 0) is 75.4 Å². The molecule has 1 atom stereocenters. The Morgan fingerprint density at radius 2 is 2.00 bits per heavy atom. The molecule has 112 valence electrons. The minimum atomic E-state index is -0.0676. The first-order valence-electron chi connectivity index (χ1n) is 6.49. The number of rotatable bonds is 5. The number of amides is 1. The smallest absolute Gasteiger partial charge is 0.253 e. The Bertz CT molecular complexity index is 625. The molecule has 0 bridgehead atoms. The Hall–Kier alpha value is -0.850. The number of halogens is 2. The molecule has 0 saturated carbocycles. The number of hydrogen-bond acceptors (Lipinski definition) is 3. The van der Waals surface area contributed by atoms with Crippen LogP contribution < -0.4 is 5.32 Å². The zero-order chi connectivity index (χ0) is 15.4. The first-order valence-corrected chi connectivity index (χ1v) is 8.89. The van der Waals surface area contributed by atoms with Gasteiger partial charge in [0, 0.05) is 6.04 Å². The van der Waals surface area contributed by atoms with Crippen molar-refractivity contribution in [3.63, 3.8) is 0 Å². The number of carbonyl (C=O) groups is 1. The van der Waals surface area contributed by atoms with Gasteiger partial charge in [-0.15, -0.1) is 11.3 Å². The lowest BCUT2D eigenvalue weighted by Gasteiger charge is -2.13. The average Bonchev–Trinajstić information content (AvgIpc) is 2.77. The Labute approximate surface area is 144 Å². The van der Waals surface area contributed by atoms with Crippen molar-refractivity contribution in [1.29, 1.82) is 0 Å². The molecular formula is C15H15Br2NO2S. The monoisotopic (exact) mass is 431 g/mol. The normalized spacial score (nSPS) is 12.1. The summed E-state index contributed by atoms with van der Waals surface area (Å²) in [5.74, 6) is 0.204. The maximum atomic E-state index is 12.2. The number of carbonyl (C=O) groups excluding carboxylic acids is 1. The van der Waals surface area contributed by atoms with Crippen molar-refractivity contribution in [3.8, 4) is 5.75 Å². The number of aryl methyl sites for hydroxylation is 1. The van der Waals surface area contributed by atoms with Gasteiger partial charge in [0.25, 0.3) is 5.91 Å². The van der Waals surface area contributed by atoms with Gasteiger partial charge in [-0.1, -0.05) is 12.1 Å². The van der Waals surface area contributed by atoms with Crippen LogP contribution in [0.1, 0.15) is 29.3 Å². The molecule has 0 aliphatic heterocycles. The van der Waals surface area contributed by atoms with E-state index in [1.165, 1.54) is 11.3 Å². The summed E-state index contributed by atoms with van der Waals surface area (Å²) in [7, 11) is 0. The predicted molar refractivity (Wildman–Crippen MR) is 93.1 cm³/mol. The van der Waals surface area contributed by atoms with Gasteiger partial charge in [-0.2, -0.15) is 0 Å². The molecule has 2 rings (SSSR count). The first kappa shape index (κ1) is 16.5. The molecule has 0 saturated heterocycles. The summed E-state index contributed by atoms with van der Waals surface area (Å²) < 4.78 is 1.76. The van der Waals surface area contributed by atoms with Crippen molar-refractivity contribution >= 4 is 49.1 Å². The molecule has 1 unspecified atom stereocenters. The van der Waals surface area contributed by atoms with Gasteiger partial charge < -0.3 is 10.4 Å². The summed E-state index contributed by atoms with van der Waals surface area (Å²) in [5, 5.41) is 12.2. The van der Waals surface area contributed by atoms with E-state index in [4.69, 9.17) is 0 Å². The molecule has 0 radical (unpaired) electrons. The van der Waals surface area contributed by atoms with Crippen LogP contribution in [0.2, 0.25) is 0 Å². The lowest BCUT2D eigenvalue weighted by atomic mass is 10.1. The van der Waals surface area contributed by atoms with Crippen molar-refractivity contribution in [2.24, 2.45) is 0 Å². The topological polar surface area (TPSA) is 49.3 Å². The largest absolute Gasteiger partial charge is 0.508 e. The van der Waals surface area contributed by atoms with Crippen molar-refractivity contribution in [2.45, 2.75) is 25.8 Å². The van der Waals surface area contributed by atoms with Gasteiger partial charge in [0.05, 0.1) is 13.1 Å². The number of phenols is 1. The number of nitrogens with one attached hydrogen (secondary N) is 1. The molecule has 1 heterocycles. The van der Waals surface area contributed by atoms with E-state index in [0.717, 1.165) is 26.0 Å². The molecule has 2 N–H and O–H groups in total. The van der Waals surface area contributed by atoms with E-state index in [9.17, 15) is 9.90 Å². The number of benzene rings is 1. The van der Waals surface area contributed by atoms with Crippen molar-refractivity contribution in [2.75, 3.05) is 0 Å². The minimum absolute atomic E-state index is 0.0676. The van der Waals surface area contributed by atoms with E-state index in [1.807, 2.05) is 25.1 Å². The zero-order valence-electron chi connectivity index (χ0n) is 11.4. The summed E-state index contributed by atoms with van der Waals surface area (Å²) in [5.41, 5.74) is 1.80. The second kappa shape index (κ2) is 7.42. The number of hydrogen-bond donors (Lipinski definition) is 2. The van der Waals surface area contributed by atoms with Crippen molar-refractivity contribution in [3.05, 3.63) is 49.0 Å². The van der Waals surface area contributed by atoms with Gasteiger partial charge in [-0.25, -0.2) is 0 Å². The predicted octanol–water partition coefficient (Wildman–Crippen LogP) is 4.73. The standard InChI is InChI=1S/C15H15Br2NO2S/c1-9(2-3-10-4-6-11(19)7-5-10)18-15(20)12-8-13(16)21-14(12)17/h4-9,19H,2-3H2,1H3,(H,18,20). The fraction of sp³-hybridized carbons (Fsp3) is 0.267. The highest BCUT2D eigenvalue weighted by Gasteiger charge is 2.15. The van der Waals surface area contributed by atoms with E-state index in [0.29, 0.717) is 5.56 Å². The number of phenolic OH excluding ortho intramolecular Hbond substituents is 1. The minimum Gasteiger partial charge on any atom is -0.508 e. The molecule has 0 fully saturated rings. The van der Waals surface area contributed by atoms with Gasteiger partial charge in [-0.3, -0.25) is 4.79 Å². The Kier molecular flexibility index (Phi) is 5.84. The van der Waals surface area contributed by atoms with Crippen LogP contribution in [0.4, 0.5) is 0 Å². The molecular weight excluding hydrogens is 418 g/mol. The number of thiophene rings is 1.